The van der Waals surface area contributed by atoms with Gasteiger partial charge in [-0.1, -0.05) is 11.6 Å². The minimum atomic E-state index is -1.11. The number of nitrogens with zero attached hydrogens (tertiary/aromatic N) is 1. The Kier molecular flexibility index (Phi) is 4.76. The fraction of sp³-hybridized carbons (Fsp3) is 0.538. The van der Waals surface area contributed by atoms with Gasteiger partial charge in [-0.2, -0.15) is 0 Å². The van der Waals surface area contributed by atoms with Crippen molar-refractivity contribution in [3.63, 3.8) is 0 Å². The minimum absolute atomic E-state index is 0.264. The molecule has 6 heteroatoms. The maximum absolute atomic E-state index is 13.5. The summed E-state index contributed by atoms with van der Waals surface area (Å²) in [7, 11) is 0. The lowest BCUT2D eigenvalue weighted by Gasteiger charge is -2.36. The van der Waals surface area contributed by atoms with Gasteiger partial charge in [-0.25, -0.2) is 4.39 Å². The van der Waals surface area contributed by atoms with Crippen molar-refractivity contribution in [1.29, 1.82) is 0 Å². The molecule has 1 fully saturated rings. The molecule has 3 N–H and O–H groups in total. The smallest absolute Gasteiger partial charge is 0.126 e. The van der Waals surface area contributed by atoms with E-state index in [1.165, 1.54) is 12.1 Å². The van der Waals surface area contributed by atoms with E-state index in [1.807, 2.05) is 0 Å². The lowest BCUT2D eigenvalue weighted by molar-refractivity contribution is -0.109. The quantitative estimate of drug-likeness (QED) is 0.755. The summed E-state index contributed by atoms with van der Waals surface area (Å²) in [5.74, 6) is -0.317. The molecule has 0 spiro atoms. The number of hydrogen-bond acceptors (Lipinski definition) is 4. The molecule has 1 heterocycles. The van der Waals surface area contributed by atoms with Crippen LogP contribution >= 0.6 is 11.6 Å². The molecule has 0 radical (unpaired) electrons. The molecule has 1 aromatic rings. The minimum Gasteiger partial charge on any atom is -0.389 e. The van der Waals surface area contributed by atoms with Crippen molar-refractivity contribution in [2.24, 2.45) is 0 Å². The molecule has 0 amide bonds. The van der Waals surface area contributed by atoms with E-state index < -0.39 is 18.3 Å². The third-order valence-electron chi connectivity index (χ3n) is 3.38. The number of β-amino-alcohol motifs (C(OH)–C–C–N with tert-alkyl or cyclic N) is 2. The first-order valence-corrected chi connectivity index (χ1v) is 6.55. The molecule has 2 unspecified atom stereocenters. The monoisotopic (exact) mass is 289 g/mol. The Hall–Kier alpha value is -0.720. The van der Waals surface area contributed by atoms with E-state index in [1.54, 1.807) is 11.0 Å². The van der Waals surface area contributed by atoms with Gasteiger partial charge in [-0.15, -0.1) is 0 Å². The number of benzene rings is 1. The van der Waals surface area contributed by atoms with Crippen molar-refractivity contribution >= 4 is 11.6 Å². The summed E-state index contributed by atoms with van der Waals surface area (Å²) < 4.78 is 13.5. The average Bonchev–Trinajstić information content (AvgIpc) is 2.37. The van der Waals surface area contributed by atoms with E-state index in [-0.39, 0.29) is 18.9 Å². The Morgan fingerprint density at radius 3 is 2.47 bits per heavy atom. The molecule has 1 aliphatic heterocycles. The van der Waals surface area contributed by atoms with E-state index in [0.717, 1.165) is 0 Å². The fourth-order valence-electron chi connectivity index (χ4n) is 2.27. The third-order valence-corrected chi connectivity index (χ3v) is 3.62. The molecule has 0 aromatic heterocycles. The Balaban J connectivity index is 1.94. The van der Waals surface area contributed by atoms with Crippen LogP contribution in [0.15, 0.2) is 18.2 Å². The molecule has 0 saturated carbocycles. The Labute approximate surface area is 116 Å². The highest BCUT2D eigenvalue weighted by Crippen LogP contribution is 2.17. The van der Waals surface area contributed by atoms with Crippen molar-refractivity contribution in [3.05, 3.63) is 34.6 Å². The Bertz CT molecular complexity index is 434. The van der Waals surface area contributed by atoms with Crippen LogP contribution in [0.3, 0.4) is 0 Å². The van der Waals surface area contributed by atoms with Crippen LogP contribution in [-0.4, -0.2) is 58.2 Å². The summed E-state index contributed by atoms with van der Waals surface area (Å²) in [4.78, 5) is 1.79. The molecule has 2 rings (SSSR count). The standard InChI is InChI=1S/C13H17ClFNO3/c14-9-1-2-10(15)8(5-9)3-4-16-6-11(17)13(19)12(18)7-16/h1-2,5,11-13,17-19H,3-4,6-7H2. The van der Waals surface area contributed by atoms with Gasteiger partial charge in [0.25, 0.3) is 0 Å². The van der Waals surface area contributed by atoms with Crippen LogP contribution in [0, 0.1) is 5.82 Å². The number of aliphatic hydroxyl groups excluding tert-OH is 3. The molecular formula is C13H17ClFNO3. The van der Waals surface area contributed by atoms with Crippen LogP contribution in [0.25, 0.3) is 0 Å². The third kappa shape index (κ3) is 3.64. The molecule has 19 heavy (non-hydrogen) atoms. The first-order valence-electron chi connectivity index (χ1n) is 6.18. The number of halogens is 2. The first-order chi connectivity index (χ1) is 8.97. The van der Waals surface area contributed by atoms with Crippen LogP contribution in [0.5, 0.6) is 0 Å². The zero-order chi connectivity index (χ0) is 14.0. The van der Waals surface area contributed by atoms with Crippen molar-refractivity contribution in [1.82, 2.24) is 4.90 Å². The van der Waals surface area contributed by atoms with Gasteiger partial charge in [0.1, 0.15) is 11.9 Å². The fourth-order valence-corrected chi connectivity index (χ4v) is 2.47. The van der Waals surface area contributed by atoms with Crippen LogP contribution < -0.4 is 0 Å². The van der Waals surface area contributed by atoms with Gasteiger partial charge in [0, 0.05) is 24.7 Å². The second-order valence-electron chi connectivity index (χ2n) is 4.87. The topological polar surface area (TPSA) is 63.9 Å². The largest absolute Gasteiger partial charge is 0.389 e. The Morgan fingerprint density at radius 1 is 1.21 bits per heavy atom. The SMILES string of the molecule is OC1CN(CCc2cc(Cl)ccc2F)CC(O)C1O. The molecule has 106 valence electrons. The van der Waals surface area contributed by atoms with E-state index >= 15 is 0 Å². The van der Waals surface area contributed by atoms with Gasteiger partial charge in [0.2, 0.25) is 0 Å². The van der Waals surface area contributed by atoms with Gasteiger partial charge < -0.3 is 15.3 Å². The molecular weight excluding hydrogens is 273 g/mol. The number of aliphatic hydroxyl groups is 3. The van der Waals surface area contributed by atoms with Crippen molar-refractivity contribution in [2.75, 3.05) is 19.6 Å². The second-order valence-corrected chi connectivity index (χ2v) is 5.31. The van der Waals surface area contributed by atoms with Gasteiger partial charge in [0.05, 0.1) is 12.2 Å². The lowest BCUT2D eigenvalue weighted by atomic mass is 10.0. The average molecular weight is 290 g/mol. The zero-order valence-electron chi connectivity index (χ0n) is 10.3. The summed E-state index contributed by atoms with van der Waals surface area (Å²) in [5.41, 5.74) is 0.502. The number of likely N-dealkylation sites (tertiary alicyclic amines) is 1. The predicted octanol–water partition coefficient (Wildman–Crippen LogP) is 0.420. The van der Waals surface area contributed by atoms with E-state index in [4.69, 9.17) is 11.6 Å². The molecule has 1 aromatic carbocycles. The van der Waals surface area contributed by atoms with E-state index in [2.05, 4.69) is 0 Å². The highest BCUT2D eigenvalue weighted by molar-refractivity contribution is 6.30. The summed E-state index contributed by atoms with van der Waals surface area (Å²) in [6.07, 6.45) is -2.64. The number of piperidine rings is 1. The van der Waals surface area contributed by atoms with Crippen LogP contribution in [0.1, 0.15) is 5.56 Å². The van der Waals surface area contributed by atoms with Gasteiger partial charge >= 0.3 is 0 Å². The zero-order valence-corrected chi connectivity index (χ0v) is 11.1. The first kappa shape index (κ1) is 14.7. The molecule has 2 atom stereocenters. The number of hydrogen-bond donors (Lipinski definition) is 3. The van der Waals surface area contributed by atoms with Crippen LogP contribution in [0.2, 0.25) is 5.02 Å². The summed E-state index contributed by atoms with van der Waals surface area (Å²) >= 11 is 5.81. The highest BCUT2D eigenvalue weighted by atomic mass is 35.5. The normalized spacial score (nSPS) is 28.6. The lowest BCUT2D eigenvalue weighted by Crippen LogP contribution is -2.55. The highest BCUT2D eigenvalue weighted by Gasteiger charge is 2.33. The van der Waals surface area contributed by atoms with Gasteiger partial charge in [-0.3, -0.25) is 4.90 Å². The summed E-state index contributed by atoms with van der Waals surface area (Å²) in [5, 5.41) is 29.0. The summed E-state index contributed by atoms with van der Waals surface area (Å²) in [6, 6.07) is 4.38. The number of rotatable bonds is 3. The van der Waals surface area contributed by atoms with Crippen molar-refractivity contribution in [2.45, 2.75) is 24.7 Å². The van der Waals surface area contributed by atoms with Crippen molar-refractivity contribution < 1.29 is 19.7 Å². The molecule has 0 aliphatic carbocycles. The maximum atomic E-state index is 13.5. The Morgan fingerprint density at radius 2 is 1.84 bits per heavy atom. The van der Waals surface area contributed by atoms with Crippen LogP contribution in [-0.2, 0) is 6.42 Å². The molecule has 1 saturated heterocycles. The maximum Gasteiger partial charge on any atom is 0.126 e. The predicted molar refractivity (Wildman–Crippen MR) is 69.6 cm³/mol. The van der Waals surface area contributed by atoms with E-state index in [0.29, 0.717) is 23.6 Å². The van der Waals surface area contributed by atoms with Gasteiger partial charge in [0.15, 0.2) is 0 Å². The second kappa shape index (κ2) is 6.15. The molecule has 4 nitrogen and oxygen atoms in total. The van der Waals surface area contributed by atoms with Gasteiger partial charge in [-0.05, 0) is 30.2 Å². The van der Waals surface area contributed by atoms with Crippen LogP contribution in [0.4, 0.5) is 4.39 Å². The summed E-state index contributed by atoms with van der Waals surface area (Å²) in [6.45, 7) is 1.01. The van der Waals surface area contributed by atoms with E-state index in [9.17, 15) is 19.7 Å². The molecule has 1 aliphatic rings. The van der Waals surface area contributed by atoms with Crippen molar-refractivity contribution in [3.8, 4) is 0 Å². The molecule has 0 bridgehead atoms.